The van der Waals surface area contributed by atoms with E-state index >= 15 is 0 Å². The van der Waals surface area contributed by atoms with E-state index in [0.29, 0.717) is 6.54 Å². The van der Waals surface area contributed by atoms with E-state index < -0.39 is 10.0 Å². The fourth-order valence-electron chi connectivity index (χ4n) is 2.95. The maximum atomic E-state index is 13.0. The van der Waals surface area contributed by atoms with E-state index in [9.17, 15) is 12.8 Å². The van der Waals surface area contributed by atoms with Crippen LogP contribution in [0.1, 0.15) is 24.8 Å². The summed E-state index contributed by atoms with van der Waals surface area (Å²) < 4.78 is 39.9. The van der Waals surface area contributed by atoms with Crippen molar-refractivity contribution < 1.29 is 12.8 Å². The van der Waals surface area contributed by atoms with Crippen LogP contribution in [0.3, 0.4) is 0 Å². The monoisotopic (exact) mass is 320 g/mol. The minimum atomic E-state index is -3.54. The Morgan fingerprint density at radius 2 is 1.95 bits per heavy atom. The third-order valence-electron chi connectivity index (χ3n) is 4.10. The van der Waals surface area contributed by atoms with Gasteiger partial charge in [-0.15, -0.1) is 0 Å². The molecule has 2 atom stereocenters. The van der Waals surface area contributed by atoms with Crippen molar-refractivity contribution in [3.63, 3.8) is 0 Å². The molecule has 3 rings (SSSR count). The molecule has 1 aliphatic rings. The number of benzene rings is 1. The minimum Gasteiger partial charge on any atom is -0.263 e. The molecule has 1 aromatic heterocycles. The van der Waals surface area contributed by atoms with Crippen LogP contribution in [-0.4, -0.2) is 30.3 Å². The van der Waals surface area contributed by atoms with Gasteiger partial charge in [-0.25, -0.2) is 12.8 Å². The Morgan fingerprint density at radius 1 is 1.23 bits per heavy atom. The molecular formula is C16H17FN2O2S. The lowest BCUT2D eigenvalue weighted by molar-refractivity contribution is 0.407. The fourth-order valence-corrected chi connectivity index (χ4v) is 4.60. The van der Waals surface area contributed by atoms with Crippen LogP contribution in [0.2, 0.25) is 0 Å². The minimum absolute atomic E-state index is 0.0852. The predicted octanol–water partition coefficient (Wildman–Crippen LogP) is 2.79. The van der Waals surface area contributed by atoms with Gasteiger partial charge in [0.15, 0.2) is 0 Å². The van der Waals surface area contributed by atoms with E-state index in [1.54, 1.807) is 30.5 Å². The van der Waals surface area contributed by atoms with Gasteiger partial charge in [-0.05, 0) is 49.1 Å². The summed E-state index contributed by atoms with van der Waals surface area (Å²) in [6.07, 6.45) is 3.64. The van der Waals surface area contributed by atoms with E-state index in [-0.39, 0.29) is 22.7 Å². The van der Waals surface area contributed by atoms with Crippen molar-refractivity contribution in [2.24, 2.45) is 0 Å². The third-order valence-corrected chi connectivity index (χ3v) is 6.06. The molecule has 2 heterocycles. The highest BCUT2D eigenvalue weighted by Gasteiger charge is 2.38. The van der Waals surface area contributed by atoms with Gasteiger partial charge < -0.3 is 0 Å². The molecule has 0 bridgehead atoms. The zero-order valence-electron chi connectivity index (χ0n) is 12.2. The molecule has 0 aliphatic carbocycles. The highest BCUT2D eigenvalue weighted by Crippen LogP contribution is 2.35. The highest BCUT2D eigenvalue weighted by atomic mass is 32.2. The maximum absolute atomic E-state index is 13.0. The van der Waals surface area contributed by atoms with E-state index in [1.807, 2.05) is 6.92 Å². The molecule has 0 saturated carbocycles. The van der Waals surface area contributed by atoms with Gasteiger partial charge >= 0.3 is 0 Å². The standard InChI is InChI=1S/C16H17FN2O2S/c1-12-9-14(13-4-6-15(17)7-5-13)11-19(12)22(20,21)16-3-2-8-18-10-16/h2-8,10,12,14H,9,11H2,1H3/t12-,14-/m0/s1. The summed E-state index contributed by atoms with van der Waals surface area (Å²) in [5, 5.41) is 0. The molecule has 0 N–H and O–H groups in total. The van der Waals surface area contributed by atoms with Crippen LogP contribution in [0.25, 0.3) is 0 Å². The summed E-state index contributed by atoms with van der Waals surface area (Å²) in [5.41, 5.74) is 0.970. The average Bonchev–Trinajstić information content (AvgIpc) is 2.91. The Balaban J connectivity index is 1.86. The molecule has 0 spiro atoms. The van der Waals surface area contributed by atoms with Crippen molar-refractivity contribution in [2.45, 2.75) is 30.2 Å². The van der Waals surface area contributed by atoms with Crippen molar-refractivity contribution in [1.29, 1.82) is 0 Å². The number of sulfonamides is 1. The van der Waals surface area contributed by atoms with Gasteiger partial charge in [0.1, 0.15) is 10.7 Å². The molecule has 0 amide bonds. The van der Waals surface area contributed by atoms with Crippen molar-refractivity contribution in [3.8, 4) is 0 Å². The third kappa shape index (κ3) is 2.76. The molecule has 2 aromatic rings. The topological polar surface area (TPSA) is 50.3 Å². The maximum Gasteiger partial charge on any atom is 0.244 e. The molecule has 116 valence electrons. The summed E-state index contributed by atoms with van der Waals surface area (Å²) in [6, 6.07) is 9.36. The van der Waals surface area contributed by atoms with E-state index in [4.69, 9.17) is 0 Å². The first-order chi connectivity index (χ1) is 10.5. The molecule has 1 aliphatic heterocycles. The van der Waals surface area contributed by atoms with Crippen molar-refractivity contribution in [3.05, 3.63) is 60.2 Å². The molecule has 22 heavy (non-hydrogen) atoms. The summed E-state index contributed by atoms with van der Waals surface area (Å²) in [7, 11) is -3.54. The van der Waals surface area contributed by atoms with Crippen molar-refractivity contribution in [2.75, 3.05) is 6.54 Å². The molecule has 1 aromatic carbocycles. The molecule has 1 saturated heterocycles. The lowest BCUT2D eigenvalue weighted by Crippen LogP contribution is -2.34. The Bertz CT molecular complexity index is 747. The second-order valence-corrected chi connectivity index (χ2v) is 7.49. The Morgan fingerprint density at radius 3 is 2.59 bits per heavy atom. The molecule has 0 radical (unpaired) electrons. The lowest BCUT2D eigenvalue weighted by atomic mass is 9.97. The molecular weight excluding hydrogens is 303 g/mol. The number of pyridine rings is 1. The van der Waals surface area contributed by atoms with Crippen LogP contribution in [0.5, 0.6) is 0 Å². The number of nitrogens with zero attached hydrogens (tertiary/aromatic N) is 2. The first-order valence-corrected chi connectivity index (χ1v) is 8.60. The van der Waals surface area contributed by atoms with Gasteiger partial charge in [0.2, 0.25) is 10.0 Å². The Labute approximate surface area is 129 Å². The van der Waals surface area contributed by atoms with Crippen LogP contribution in [0, 0.1) is 5.82 Å². The van der Waals surface area contributed by atoms with Gasteiger partial charge in [0, 0.05) is 25.0 Å². The van der Waals surface area contributed by atoms with Gasteiger partial charge in [-0.2, -0.15) is 4.31 Å². The zero-order valence-corrected chi connectivity index (χ0v) is 13.0. The zero-order chi connectivity index (χ0) is 15.7. The molecule has 0 unspecified atom stereocenters. The molecule has 6 heteroatoms. The first-order valence-electron chi connectivity index (χ1n) is 7.16. The van der Waals surface area contributed by atoms with E-state index in [2.05, 4.69) is 4.98 Å². The number of hydrogen-bond acceptors (Lipinski definition) is 3. The number of aromatic nitrogens is 1. The molecule has 4 nitrogen and oxygen atoms in total. The number of halogens is 1. The normalized spacial score (nSPS) is 22.8. The van der Waals surface area contributed by atoms with Crippen molar-refractivity contribution in [1.82, 2.24) is 9.29 Å². The van der Waals surface area contributed by atoms with Gasteiger partial charge in [-0.3, -0.25) is 4.98 Å². The largest absolute Gasteiger partial charge is 0.263 e. The van der Waals surface area contributed by atoms with Gasteiger partial charge in [-0.1, -0.05) is 12.1 Å². The smallest absolute Gasteiger partial charge is 0.244 e. The quantitative estimate of drug-likeness (QED) is 0.874. The number of rotatable bonds is 3. The van der Waals surface area contributed by atoms with E-state index in [1.165, 1.54) is 22.6 Å². The summed E-state index contributed by atoms with van der Waals surface area (Å²) >= 11 is 0. The second kappa shape index (κ2) is 5.78. The predicted molar refractivity (Wildman–Crippen MR) is 81.3 cm³/mol. The van der Waals surface area contributed by atoms with Crippen molar-refractivity contribution >= 4 is 10.0 Å². The first kappa shape index (κ1) is 15.1. The SMILES string of the molecule is C[C@H]1C[C@H](c2ccc(F)cc2)CN1S(=O)(=O)c1cccnc1. The summed E-state index contributed by atoms with van der Waals surface area (Å²) in [4.78, 5) is 4.10. The second-order valence-electron chi connectivity index (χ2n) is 5.60. The lowest BCUT2D eigenvalue weighted by Gasteiger charge is -2.20. The molecule has 1 fully saturated rings. The van der Waals surface area contributed by atoms with Crippen LogP contribution in [0.15, 0.2) is 53.7 Å². The van der Waals surface area contributed by atoms with Crippen LogP contribution in [-0.2, 0) is 10.0 Å². The number of hydrogen-bond donors (Lipinski definition) is 0. The Kier molecular flexibility index (Phi) is 3.97. The van der Waals surface area contributed by atoms with Gasteiger partial charge in [0.05, 0.1) is 0 Å². The summed E-state index contributed by atoms with van der Waals surface area (Å²) in [5.74, 6) is -0.198. The summed E-state index contributed by atoms with van der Waals surface area (Å²) in [6.45, 7) is 2.31. The fraction of sp³-hybridized carbons (Fsp3) is 0.312. The van der Waals surface area contributed by atoms with Crippen LogP contribution < -0.4 is 0 Å². The highest BCUT2D eigenvalue weighted by molar-refractivity contribution is 7.89. The van der Waals surface area contributed by atoms with E-state index in [0.717, 1.165) is 12.0 Å². The van der Waals surface area contributed by atoms with Crippen LogP contribution >= 0.6 is 0 Å². The average molecular weight is 320 g/mol. The van der Waals surface area contributed by atoms with Gasteiger partial charge in [0.25, 0.3) is 0 Å². The Hall–Kier alpha value is -1.79. The van der Waals surface area contributed by atoms with Crippen LogP contribution in [0.4, 0.5) is 4.39 Å².